The Morgan fingerprint density at radius 3 is 2.40 bits per heavy atom. The third-order valence-corrected chi connectivity index (χ3v) is 4.39. The molecule has 2 heteroatoms. The Balaban J connectivity index is 1.72. The first-order chi connectivity index (χ1) is 7.27. The molecule has 0 bridgehead atoms. The van der Waals surface area contributed by atoms with E-state index in [2.05, 4.69) is 24.2 Å². The maximum atomic E-state index is 3.38. The fraction of sp³-hybridized carbons (Fsp3) is 1.00. The van der Waals surface area contributed by atoms with E-state index in [4.69, 9.17) is 0 Å². The van der Waals surface area contributed by atoms with Gasteiger partial charge in [-0.2, -0.15) is 0 Å². The molecule has 1 saturated heterocycles. The topological polar surface area (TPSA) is 15.3 Å². The summed E-state index contributed by atoms with van der Waals surface area (Å²) in [6.07, 6.45) is 7.24. The summed E-state index contributed by atoms with van der Waals surface area (Å²) in [5, 5.41) is 3.38. The van der Waals surface area contributed by atoms with Gasteiger partial charge in [0.2, 0.25) is 0 Å². The number of rotatable bonds is 4. The van der Waals surface area contributed by atoms with Crippen molar-refractivity contribution in [3.05, 3.63) is 0 Å². The first-order valence-corrected chi connectivity index (χ1v) is 6.68. The molecule has 1 saturated carbocycles. The smallest absolute Gasteiger partial charge is 0.00923 e. The molecule has 0 aromatic carbocycles. The Hall–Kier alpha value is -0.0800. The molecule has 15 heavy (non-hydrogen) atoms. The van der Waals surface area contributed by atoms with Crippen LogP contribution in [0.4, 0.5) is 0 Å². The SMILES string of the molecule is CC(CN(C)C1CCCCC1)C1CNC1. The van der Waals surface area contributed by atoms with Gasteiger partial charge in [-0.25, -0.2) is 0 Å². The first-order valence-electron chi connectivity index (χ1n) is 6.68. The van der Waals surface area contributed by atoms with Crippen molar-refractivity contribution in [1.29, 1.82) is 0 Å². The van der Waals surface area contributed by atoms with Crippen LogP contribution in [0, 0.1) is 11.8 Å². The zero-order chi connectivity index (χ0) is 10.7. The third kappa shape index (κ3) is 2.94. The van der Waals surface area contributed by atoms with Crippen molar-refractivity contribution < 1.29 is 0 Å². The highest BCUT2D eigenvalue weighted by Crippen LogP contribution is 2.24. The summed E-state index contributed by atoms with van der Waals surface area (Å²) in [7, 11) is 2.33. The summed E-state index contributed by atoms with van der Waals surface area (Å²) in [6.45, 7) is 6.22. The van der Waals surface area contributed by atoms with Crippen LogP contribution in [-0.2, 0) is 0 Å². The molecule has 0 aromatic rings. The molecule has 1 aliphatic heterocycles. The fourth-order valence-electron chi connectivity index (χ4n) is 2.99. The molecule has 1 N–H and O–H groups in total. The van der Waals surface area contributed by atoms with E-state index < -0.39 is 0 Å². The minimum Gasteiger partial charge on any atom is -0.316 e. The summed E-state index contributed by atoms with van der Waals surface area (Å²) < 4.78 is 0. The molecule has 2 fully saturated rings. The van der Waals surface area contributed by atoms with Crippen molar-refractivity contribution in [3.8, 4) is 0 Å². The molecule has 1 atom stereocenters. The summed E-state index contributed by atoms with van der Waals surface area (Å²) in [6, 6.07) is 0.884. The van der Waals surface area contributed by atoms with E-state index in [0.29, 0.717) is 0 Å². The predicted octanol–water partition coefficient (Wildman–Crippen LogP) is 2.11. The zero-order valence-electron chi connectivity index (χ0n) is 10.3. The lowest BCUT2D eigenvalue weighted by molar-refractivity contribution is 0.131. The maximum absolute atomic E-state index is 3.38. The predicted molar refractivity (Wildman–Crippen MR) is 65.0 cm³/mol. The summed E-state index contributed by atoms with van der Waals surface area (Å²) >= 11 is 0. The highest BCUT2D eigenvalue weighted by Gasteiger charge is 2.26. The molecule has 1 heterocycles. The summed E-state index contributed by atoms with van der Waals surface area (Å²) in [5.41, 5.74) is 0. The third-order valence-electron chi connectivity index (χ3n) is 4.39. The molecule has 2 aliphatic rings. The van der Waals surface area contributed by atoms with Crippen LogP contribution in [0.1, 0.15) is 39.0 Å². The standard InChI is InChI=1S/C13H26N2/c1-11(12-8-14-9-12)10-15(2)13-6-4-3-5-7-13/h11-14H,3-10H2,1-2H3. The van der Waals surface area contributed by atoms with E-state index in [1.165, 1.54) is 51.7 Å². The number of nitrogens with one attached hydrogen (secondary N) is 1. The van der Waals surface area contributed by atoms with E-state index in [0.717, 1.165) is 17.9 Å². The van der Waals surface area contributed by atoms with Crippen LogP contribution in [0.25, 0.3) is 0 Å². The second kappa shape index (κ2) is 5.31. The maximum Gasteiger partial charge on any atom is 0.00923 e. The Morgan fingerprint density at radius 2 is 1.87 bits per heavy atom. The van der Waals surface area contributed by atoms with Crippen LogP contribution in [0.3, 0.4) is 0 Å². The number of hydrogen-bond donors (Lipinski definition) is 1. The number of nitrogens with zero attached hydrogens (tertiary/aromatic N) is 1. The van der Waals surface area contributed by atoms with Gasteiger partial charge in [0.1, 0.15) is 0 Å². The summed E-state index contributed by atoms with van der Waals surface area (Å²) in [5.74, 6) is 1.81. The van der Waals surface area contributed by atoms with Gasteiger partial charge in [0, 0.05) is 12.6 Å². The monoisotopic (exact) mass is 210 g/mol. The van der Waals surface area contributed by atoms with Crippen LogP contribution in [0.5, 0.6) is 0 Å². The lowest BCUT2D eigenvalue weighted by Crippen LogP contribution is -2.49. The van der Waals surface area contributed by atoms with Gasteiger partial charge < -0.3 is 10.2 Å². The molecule has 0 spiro atoms. The van der Waals surface area contributed by atoms with Gasteiger partial charge in [0.15, 0.2) is 0 Å². The van der Waals surface area contributed by atoms with Gasteiger partial charge in [0.05, 0.1) is 0 Å². The zero-order valence-corrected chi connectivity index (χ0v) is 10.3. The molecule has 2 rings (SSSR count). The van der Waals surface area contributed by atoms with Gasteiger partial charge in [-0.05, 0) is 44.8 Å². The second-order valence-corrected chi connectivity index (χ2v) is 5.63. The quantitative estimate of drug-likeness (QED) is 0.764. The van der Waals surface area contributed by atoms with E-state index in [1.54, 1.807) is 0 Å². The van der Waals surface area contributed by atoms with Crippen molar-refractivity contribution in [2.24, 2.45) is 11.8 Å². The highest BCUT2D eigenvalue weighted by atomic mass is 15.1. The Labute approximate surface area is 94.4 Å². The van der Waals surface area contributed by atoms with Crippen molar-refractivity contribution in [3.63, 3.8) is 0 Å². The van der Waals surface area contributed by atoms with Crippen molar-refractivity contribution >= 4 is 0 Å². The molecule has 88 valence electrons. The summed E-state index contributed by atoms with van der Waals surface area (Å²) in [4.78, 5) is 2.63. The van der Waals surface area contributed by atoms with E-state index in [9.17, 15) is 0 Å². The average molecular weight is 210 g/mol. The van der Waals surface area contributed by atoms with Gasteiger partial charge >= 0.3 is 0 Å². The van der Waals surface area contributed by atoms with Crippen LogP contribution < -0.4 is 5.32 Å². The van der Waals surface area contributed by atoms with Crippen LogP contribution in [0.15, 0.2) is 0 Å². The van der Waals surface area contributed by atoms with E-state index in [-0.39, 0.29) is 0 Å². The lowest BCUT2D eigenvalue weighted by Gasteiger charge is -2.38. The first kappa shape index (κ1) is 11.4. The minimum absolute atomic E-state index is 0.873. The highest BCUT2D eigenvalue weighted by molar-refractivity contribution is 4.82. The molecular weight excluding hydrogens is 184 g/mol. The molecule has 0 radical (unpaired) electrons. The second-order valence-electron chi connectivity index (χ2n) is 5.63. The molecule has 1 aliphatic carbocycles. The average Bonchev–Trinajstić information content (AvgIpc) is 2.16. The Kier molecular flexibility index (Phi) is 4.04. The van der Waals surface area contributed by atoms with Gasteiger partial charge in [-0.3, -0.25) is 0 Å². The van der Waals surface area contributed by atoms with Crippen molar-refractivity contribution in [2.45, 2.75) is 45.1 Å². The molecular formula is C13H26N2. The van der Waals surface area contributed by atoms with Crippen LogP contribution >= 0.6 is 0 Å². The Bertz CT molecular complexity index is 183. The minimum atomic E-state index is 0.873. The lowest BCUT2D eigenvalue weighted by atomic mass is 9.87. The fourth-order valence-corrected chi connectivity index (χ4v) is 2.99. The van der Waals surface area contributed by atoms with Gasteiger partial charge in [0.25, 0.3) is 0 Å². The largest absolute Gasteiger partial charge is 0.316 e. The van der Waals surface area contributed by atoms with Gasteiger partial charge in [-0.1, -0.05) is 26.2 Å². The van der Waals surface area contributed by atoms with Crippen molar-refractivity contribution in [1.82, 2.24) is 10.2 Å². The van der Waals surface area contributed by atoms with Crippen LogP contribution in [-0.4, -0.2) is 37.6 Å². The Morgan fingerprint density at radius 1 is 1.20 bits per heavy atom. The molecule has 0 aromatic heterocycles. The van der Waals surface area contributed by atoms with Crippen LogP contribution in [0.2, 0.25) is 0 Å². The molecule has 0 amide bonds. The van der Waals surface area contributed by atoms with Crippen molar-refractivity contribution in [2.75, 3.05) is 26.7 Å². The molecule has 1 unspecified atom stereocenters. The van der Waals surface area contributed by atoms with E-state index in [1.807, 2.05) is 0 Å². The normalized spacial score (nSPS) is 26.6. The van der Waals surface area contributed by atoms with E-state index >= 15 is 0 Å². The van der Waals surface area contributed by atoms with Gasteiger partial charge in [-0.15, -0.1) is 0 Å². The number of hydrogen-bond acceptors (Lipinski definition) is 2. The molecule has 2 nitrogen and oxygen atoms in total.